The van der Waals surface area contributed by atoms with E-state index < -0.39 is 0 Å². The number of ether oxygens (including phenoxy) is 2. The third kappa shape index (κ3) is 5.31. The van der Waals surface area contributed by atoms with Gasteiger partial charge in [-0.3, -0.25) is 4.79 Å². The summed E-state index contributed by atoms with van der Waals surface area (Å²) in [5, 5.41) is 3.25. The molecule has 4 nitrogen and oxygen atoms in total. The molecule has 1 aliphatic heterocycles. The van der Waals surface area contributed by atoms with Gasteiger partial charge in [-0.25, -0.2) is 4.39 Å². The molecule has 26 heavy (non-hydrogen) atoms. The van der Waals surface area contributed by atoms with Gasteiger partial charge in [-0.1, -0.05) is 23.7 Å². The quantitative estimate of drug-likeness (QED) is 0.745. The standard InChI is InChI=1S/C20H19ClFNO3/c21-15-6-9-19(26-13-17-2-1-11-25-17)18(12-15)23-20(24)10-5-14-3-7-16(22)8-4-14/h3-10,12,17H,1-2,11,13H2,(H,23,24). The SMILES string of the molecule is O=C(C=Cc1ccc(F)cc1)Nc1cc(Cl)ccc1OCC1CCCO1. The van der Waals surface area contributed by atoms with Gasteiger partial charge < -0.3 is 14.8 Å². The van der Waals surface area contributed by atoms with E-state index in [1.807, 2.05) is 0 Å². The monoisotopic (exact) mass is 375 g/mol. The van der Waals surface area contributed by atoms with Gasteiger partial charge in [-0.2, -0.15) is 0 Å². The Morgan fingerprint density at radius 3 is 2.85 bits per heavy atom. The van der Waals surface area contributed by atoms with Gasteiger partial charge in [0.15, 0.2) is 0 Å². The molecule has 136 valence electrons. The molecule has 1 unspecified atom stereocenters. The summed E-state index contributed by atoms with van der Waals surface area (Å²) in [6, 6.07) is 10.9. The molecule has 1 fully saturated rings. The number of amides is 1. The van der Waals surface area contributed by atoms with Crippen LogP contribution in [0.25, 0.3) is 6.08 Å². The van der Waals surface area contributed by atoms with Crippen molar-refractivity contribution in [2.24, 2.45) is 0 Å². The molecular formula is C20H19ClFNO3. The molecular weight excluding hydrogens is 357 g/mol. The van der Waals surface area contributed by atoms with Crippen molar-refractivity contribution in [1.29, 1.82) is 0 Å². The second-order valence-corrected chi connectivity index (χ2v) is 6.40. The minimum atomic E-state index is -0.335. The Bertz CT molecular complexity index is 786. The van der Waals surface area contributed by atoms with E-state index in [1.165, 1.54) is 18.2 Å². The number of carbonyl (C=O) groups is 1. The fourth-order valence-electron chi connectivity index (χ4n) is 2.60. The Balaban J connectivity index is 1.64. The number of nitrogens with one attached hydrogen (secondary N) is 1. The van der Waals surface area contributed by atoms with Gasteiger partial charge in [0.1, 0.15) is 18.2 Å². The highest BCUT2D eigenvalue weighted by atomic mass is 35.5. The van der Waals surface area contributed by atoms with Crippen LogP contribution in [0.2, 0.25) is 5.02 Å². The lowest BCUT2D eigenvalue weighted by molar-refractivity contribution is -0.111. The summed E-state index contributed by atoms with van der Waals surface area (Å²) in [6.07, 6.45) is 5.05. The zero-order valence-electron chi connectivity index (χ0n) is 14.1. The highest BCUT2D eigenvalue weighted by Crippen LogP contribution is 2.29. The van der Waals surface area contributed by atoms with E-state index in [0.29, 0.717) is 23.1 Å². The molecule has 1 aliphatic rings. The van der Waals surface area contributed by atoms with Crippen LogP contribution in [0, 0.1) is 5.82 Å². The number of hydrogen-bond donors (Lipinski definition) is 1. The molecule has 6 heteroatoms. The van der Waals surface area contributed by atoms with Crippen LogP contribution in [-0.4, -0.2) is 25.2 Å². The molecule has 1 heterocycles. The Kier molecular flexibility index (Phi) is 6.26. The van der Waals surface area contributed by atoms with Crippen LogP contribution >= 0.6 is 11.6 Å². The maximum Gasteiger partial charge on any atom is 0.248 e. The summed E-state index contributed by atoms with van der Waals surface area (Å²) in [5.41, 5.74) is 1.21. The molecule has 0 bridgehead atoms. The number of rotatable bonds is 6. The predicted octanol–water partition coefficient (Wildman–Crippen LogP) is 4.69. The first-order valence-electron chi connectivity index (χ1n) is 8.39. The van der Waals surface area contributed by atoms with E-state index in [2.05, 4.69) is 5.32 Å². The Morgan fingerprint density at radius 1 is 1.31 bits per heavy atom. The molecule has 2 aromatic carbocycles. The van der Waals surface area contributed by atoms with Crippen molar-refractivity contribution in [3.05, 3.63) is 64.9 Å². The van der Waals surface area contributed by atoms with Crippen LogP contribution in [0.5, 0.6) is 5.75 Å². The van der Waals surface area contributed by atoms with Gasteiger partial charge in [0.25, 0.3) is 0 Å². The molecule has 0 aromatic heterocycles. The van der Waals surface area contributed by atoms with Crippen molar-refractivity contribution in [2.75, 3.05) is 18.5 Å². The van der Waals surface area contributed by atoms with Crippen LogP contribution in [0.15, 0.2) is 48.5 Å². The molecule has 3 rings (SSSR count). The largest absolute Gasteiger partial charge is 0.489 e. The van der Waals surface area contributed by atoms with E-state index in [-0.39, 0.29) is 17.8 Å². The van der Waals surface area contributed by atoms with Crippen LogP contribution in [0.4, 0.5) is 10.1 Å². The summed E-state index contributed by atoms with van der Waals surface area (Å²) in [4.78, 5) is 12.2. The minimum Gasteiger partial charge on any atom is -0.489 e. The summed E-state index contributed by atoms with van der Waals surface area (Å²) >= 11 is 6.03. The number of carbonyl (C=O) groups excluding carboxylic acids is 1. The average Bonchev–Trinajstić information content (AvgIpc) is 3.14. The van der Waals surface area contributed by atoms with Gasteiger partial charge in [0.2, 0.25) is 5.91 Å². The molecule has 0 aliphatic carbocycles. The van der Waals surface area contributed by atoms with Gasteiger partial charge in [0.05, 0.1) is 11.8 Å². The maximum atomic E-state index is 12.9. The van der Waals surface area contributed by atoms with Gasteiger partial charge >= 0.3 is 0 Å². The van der Waals surface area contributed by atoms with Crippen molar-refractivity contribution >= 4 is 29.3 Å². The Labute approximate surface area is 156 Å². The van der Waals surface area contributed by atoms with Crippen molar-refractivity contribution in [3.63, 3.8) is 0 Å². The van der Waals surface area contributed by atoms with Crippen molar-refractivity contribution in [3.8, 4) is 5.75 Å². The first-order chi connectivity index (χ1) is 12.6. The van der Waals surface area contributed by atoms with Crippen LogP contribution in [0.3, 0.4) is 0 Å². The van der Waals surface area contributed by atoms with Crippen LogP contribution < -0.4 is 10.1 Å². The molecule has 1 atom stereocenters. The number of halogens is 2. The molecule has 1 N–H and O–H groups in total. The third-order valence-electron chi connectivity index (χ3n) is 3.95. The summed E-state index contributed by atoms with van der Waals surface area (Å²) in [5.74, 6) is -0.120. The second kappa shape index (κ2) is 8.83. The molecule has 0 spiro atoms. The second-order valence-electron chi connectivity index (χ2n) is 5.96. The van der Waals surface area contributed by atoms with Crippen molar-refractivity contribution in [2.45, 2.75) is 18.9 Å². The number of anilines is 1. The fraction of sp³-hybridized carbons (Fsp3) is 0.250. The minimum absolute atomic E-state index is 0.0765. The zero-order chi connectivity index (χ0) is 18.4. The molecule has 0 radical (unpaired) electrons. The fourth-order valence-corrected chi connectivity index (χ4v) is 2.78. The lowest BCUT2D eigenvalue weighted by Crippen LogP contribution is -2.17. The maximum absolute atomic E-state index is 12.9. The van der Waals surface area contributed by atoms with Crippen molar-refractivity contribution in [1.82, 2.24) is 0 Å². The first-order valence-corrected chi connectivity index (χ1v) is 8.76. The van der Waals surface area contributed by atoms with E-state index in [9.17, 15) is 9.18 Å². The summed E-state index contributed by atoms with van der Waals surface area (Å²) in [7, 11) is 0. The lowest BCUT2D eigenvalue weighted by atomic mass is 10.2. The normalized spacial score (nSPS) is 16.8. The van der Waals surface area contributed by atoms with Crippen LogP contribution in [0.1, 0.15) is 18.4 Å². The molecule has 0 saturated carbocycles. The van der Waals surface area contributed by atoms with E-state index >= 15 is 0 Å². The van der Waals surface area contributed by atoms with Crippen LogP contribution in [-0.2, 0) is 9.53 Å². The summed E-state index contributed by atoms with van der Waals surface area (Å²) in [6.45, 7) is 1.18. The Hall–Kier alpha value is -2.37. The van der Waals surface area contributed by atoms with Gasteiger partial charge in [-0.05, 0) is 54.8 Å². The number of benzene rings is 2. The van der Waals surface area contributed by atoms with E-state index in [0.717, 1.165) is 25.0 Å². The predicted molar refractivity (Wildman–Crippen MR) is 100.0 cm³/mol. The highest BCUT2D eigenvalue weighted by Gasteiger charge is 2.17. The first kappa shape index (κ1) is 18.4. The molecule has 1 amide bonds. The molecule has 2 aromatic rings. The zero-order valence-corrected chi connectivity index (χ0v) is 14.8. The number of hydrogen-bond acceptors (Lipinski definition) is 3. The topological polar surface area (TPSA) is 47.6 Å². The third-order valence-corrected chi connectivity index (χ3v) is 4.18. The smallest absolute Gasteiger partial charge is 0.248 e. The highest BCUT2D eigenvalue weighted by molar-refractivity contribution is 6.31. The van der Waals surface area contributed by atoms with E-state index in [4.69, 9.17) is 21.1 Å². The van der Waals surface area contributed by atoms with E-state index in [1.54, 1.807) is 36.4 Å². The lowest BCUT2D eigenvalue weighted by Gasteiger charge is -2.15. The average molecular weight is 376 g/mol. The molecule has 1 saturated heterocycles. The van der Waals surface area contributed by atoms with Gasteiger partial charge in [0, 0.05) is 17.7 Å². The van der Waals surface area contributed by atoms with Crippen molar-refractivity contribution < 1.29 is 18.7 Å². The summed E-state index contributed by atoms with van der Waals surface area (Å²) < 4.78 is 24.2. The van der Waals surface area contributed by atoms with Gasteiger partial charge in [-0.15, -0.1) is 0 Å². The Morgan fingerprint density at radius 2 is 2.12 bits per heavy atom.